The molecule has 0 saturated heterocycles. The van der Waals surface area contributed by atoms with E-state index in [-0.39, 0.29) is 38.1 Å². The van der Waals surface area contributed by atoms with Crippen molar-refractivity contribution in [2.24, 2.45) is 5.41 Å². The number of aryl methyl sites for hydroxylation is 1. The molecule has 0 bridgehead atoms. The third-order valence-electron chi connectivity index (χ3n) is 7.30. The van der Waals surface area contributed by atoms with Crippen LogP contribution in [0, 0.1) is 5.41 Å². The summed E-state index contributed by atoms with van der Waals surface area (Å²) in [5.41, 5.74) is 3.76. The van der Waals surface area contributed by atoms with Crippen molar-refractivity contribution in [1.82, 2.24) is 4.98 Å². The number of H-pyrrole nitrogens is 1. The number of rotatable bonds is 14. The zero-order valence-electron chi connectivity index (χ0n) is 23.5. The van der Waals surface area contributed by atoms with Crippen molar-refractivity contribution in [2.45, 2.75) is 51.9 Å². The molecule has 6 nitrogen and oxygen atoms in total. The lowest BCUT2D eigenvalue weighted by Crippen LogP contribution is -2.32. The number of aromatic amines is 1. The van der Waals surface area contributed by atoms with Gasteiger partial charge in [0.15, 0.2) is 0 Å². The van der Waals surface area contributed by atoms with Crippen molar-refractivity contribution >= 4 is 40.1 Å². The highest BCUT2D eigenvalue weighted by atomic mass is 35.5. The quantitative estimate of drug-likeness (QED) is 0.102. The molecule has 1 atom stereocenters. The average Bonchev–Trinajstić information content (AvgIpc) is 3.32. The first-order valence-corrected chi connectivity index (χ1v) is 14.7. The van der Waals surface area contributed by atoms with Crippen molar-refractivity contribution in [3.05, 3.63) is 93.6 Å². The minimum absolute atomic E-state index is 0.000238. The molecule has 4 rings (SSSR count). The maximum absolute atomic E-state index is 12.6. The van der Waals surface area contributed by atoms with Gasteiger partial charge in [0, 0.05) is 44.4 Å². The fraction of sp³-hybridized carbons (Fsp3) is 0.364. The van der Waals surface area contributed by atoms with Gasteiger partial charge in [-0.05, 0) is 85.0 Å². The largest absolute Gasteiger partial charge is 0.493 e. The summed E-state index contributed by atoms with van der Waals surface area (Å²) in [5.74, 6) is 0.843. The van der Waals surface area contributed by atoms with Crippen molar-refractivity contribution in [2.75, 3.05) is 19.8 Å². The van der Waals surface area contributed by atoms with Gasteiger partial charge < -0.3 is 24.7 Å². The Morgan fingerprint density at radius 3 is 2.27 bits per heavy atom. The van der Waals surface area contributed by atoms with Crippen molar-refractivity contribution in [3.8, 4) is 11.5 Å². The van der Waals surface area contributed by atoms with Crippen LogP contribution in [-0.2, 0) is 11.2 Å². The number of aliphatic hydroxyl groups excluding tert-OH is 2. The summed E-state index contributed by atoms with van der Waals surface area (Å²) in [6.45, 7) is 3.78. The van der Waals surface area contributed by atoms with Gasteiger partial charge in [0.25, 0.3) is 0 Å². The Kier molecular flexibility index (Phi) is 10.7. The highest BCUT2D eigenvalue weighted by molar-refractivity contribution is 6.31. The van der Waals surface area contributed by atoms with Crippen LogP contribution in [-0.4, -0.2) is 41.0 Å². The molecule has 0 aliphatic rings. The first-order chi connectivity index (χ1) is 19.7. The third-order valence-corrected chi connectivity index (χ3v) is 7.79. The number of aromatic nitrogens is 1. The van der Waals surface area contributed by atoms with Crippen LogP contribution in [0.3, 0.4) is 0 Å². The number of carbonyl (C=O) groups excluding carboxylic acids is 1. The van der Waals surface area contributed by atoms with E-state index in [1.165, 1.54) is 5.56 Å². The number of nitrogens with one attached hydrogen (secondary N) is 1. The fourth-order valence-corrected chi connectivity index (χ4v) is 5.16. The number of ether oxygens (including phenoxy) is 2. The number of aliphatic hydroxyl groups is 2. The smallest absolute Gasteiger partial charge is 0.311 e. The van der Waals surface area contributed by atoms with E-state index in [9.17, 15) is 15.0 Å². The maximum atomic E-state index is 12.6. The van der Waals surface area contributed by atoms with Gasteiger partial charge in [0.05, 0.1) is 19.8 Å². The van der Waals surface area contributed by atoms with E-state index >= 15 is 0 Å². The lowest BCUT2D eigenvalue weighted by Gasteiger charge is -2.24. The molecule has 218 valence electrons. The fourth-order valence-electron chi connectivity index (χ4n) is 4.87. The van der Waals surface area contributed by atoms with Crippen LogP contribution in [0.25, 0.3) is 10.9 Å². The Balaban J connectivity index is 1.57. The molecule has 3 aromatic carbocycles. The Morgan fingerprint density at radius 1 is 0.951 bits per heavy atom. The predicted molar refractivity (Wildman–Crippen MR) is 164 cm³/mol. The normalized spacial score (nSPS) is 12.4. The lowest BCUT2D eigenvalue weighted by atomic mass is 9.87. The van der Waals surface area contributed by atoms with Crippen LogP contribution in [0.2, 0.25) is 10.0 Å². The Bertz CT molecular complexity index is 1430. The lowest BCUT2D eigenvalue weighted by molar-refractivity contribution is -0.134. The molecule has 8 heteroatoms. The van der Waals surface area contributed by atoms with Gasteiger partial charge in [-0.1, -0.05) is 55.6 Å². The van der Waals surface area contributed by atoms with Crippen LogP contribution < -0.4 is 9.47 Å². The van der Waals surface area contributed by atoms with Gasteiger partial charge in [-0.15, -0.1) is 0 Å². The monoisotopic (exact) mass is 597 g/mol. The minimum Gasteiger partial charge on any atom is -0.493 e. The van der Waals surface area contributed by atoms with E-state index in [2.05, 4.69) is 11.9 Å². The summed E-state index contributed by atoms with van der Waals surface area (Å²) < 4.78 is 11.4. The summed E-state index contributed by atoms with van der Waals surface area (Å²) >= 11 is 12.3. The van der Waals surface area contributed by atoms with Gasteiger partial charge in [0.2, 0.25) is 0 Å². The molecule has 3 N–H and O–H groups in total. The molecule has 1 heterocycles. The first kappa shape index (κ1) is 30.9. The number of benzene rings is 3. The second kappa shape index (κ2) is 14.2. The second-order valence-corrected chi connectivity index (χ2v) is 11.7. The molecule has 0 amide bonds. The third kappa shape index (κ3) is 8.04. The molecule has 0 aliphatic carbocycles. The zero-order valence-corrected chi connectivity index (χ0v) is 25.0. The molecule has 0 fully saturated rings. The molecule has 0 aliphatic heterocycles. The number of hydrogen-bond donors (Lipinski definition) is 3. The van der Waals surface area contributed by atoms with Crippen molar-refractivity contribution < 1.29 is 24.5 Å². The number of esters is 1. The topological polar surface area (TPSA) is 91.8 Å². The van der Waals surface area contributed by atoms with Crippen LogP contribution >= 0.6 is 23.2 Å². The molecule has 0 radical (unpaired) electrons. The highest BCUT2D eigenvalue weighted by Crippen LogP contribution is 2.37. The van der Waals surface area contributed by atoms with E-state index < -0.39 is 5.41 Å². The van der Waals surface area contributed by atoms with Crippen molar-refractivity contribution in [3.63, 3.8) is 0 Å². The molecule has 0 spiro atoms. The van der Waals surface area contributed by atoms with Gasteiger partial charge in [0.1, 0.15) is 11.5 Å². The van der Waals surface area contributed by atoms with E-state index in [1.807, 2.05) is 42.5 Å². The standard InChI is InChI=1S/C33H37Cl2NO5/c1-3-5-28-29-18-24(35)12-17-30(29)36-32(28)27(6-4-7-31(39)41-26-15-10-23(34)11-16-26)22-8-13-25(14-9-22)40-21-33(2,19-37)20-38/h8-18,27,36-38H,3-7,19-21H2,1-2H3/t27-/m0/s1. The van der Waals surface area contributed by atoms with E-state index in [0.29, 0.717) is 28.0 Å². The van der Waals surface area contributed by atoms with Crippen LogP contribution in [0.1, 0.15) is 62.3 Å². The van der Waals surface area contributed by atoms with Gasteiger partial charge in [-0.25, -0.2) is 0 Å². The molecule has 4 aromatic rings. The van der Waals surface area contributed by atoms with E-state index in [4.69, 9.17) is 32.7 Å². The summed E-state index contributed by atoms with van der Waals surface area (Å²) in [6, 6.07) is 20.6. The Morgan fingerprint density at radius 2 is 1.61 bits per heavy atom. The molecule has 0 saturated carbocycles. The number of hydrogen-bond acceptors (Lipinski definition) is 5. The summed E-state index contributed by atoms with van der Waals surface area (Å²) in [5, 5.41) is 21.6. The second-order valence-electron chi connectivity index (χ2n) is 10.8. The first-order valence-electron chi connectivity index (χ1n) is 14.0. The highest BCUT2D eigenvalue weighted by Gasteiger charge is 2.25. The Labute approximate surface area is 251 Å². The molecule has 1 aromatic heterocycles. The van der Waals surface area contributed by atoms with Crippen molar-refractivity contribution in [1.29, 1.82) is 0 Å². The van der Waals surface area contributed by atoms with Gasteiger partial charge in [-0.2, -0.15) is 0 Å². The van der Waals surface area contributed by atoms with Crippen LogP contribution in [0.4, 0.5) is 0 Å². The molecular formula is C33H37Cl2NO5. The summed E-state index contributed by atoms with van der Waals surface area (Å²) in [4.78, 5) is 16.3. The van der Waals surface area contributed by atoms with E-state index in [0.717, 1.165) is 41.4 Å². The maximum Gasteiger partial charge on any atom is 0.311 e. The van der Waals surface area contributed by atoms with Gasteiger partial charge in [-0.3, -0.25) is 4.79 Å². The Hall–Kier alpha value is -3.03. The number of fused-ring (bicyclic) bond motifs is 1. The van der Waals surface area contributed by atoms with Gasteiger partial charge >= 0.3 is 5.97 Å². The number of carbonyl (C=O) groups is 1. The SMILES string of the molecule is CCCc1c([C@@H](CCCC(=O)Oc2ccc(Cl)cc2)c2ccc(OCC(C)(CO)CO)cc2)[nH]c2ccc(Cl)cc12. The average molecular weight is 599 g/mol. The zero-order chi connectivity index (χ0) is 29.4. The number of halogens is 2. The van der Waals surface area contributed by atoms with E-state index in [1.54, 1.807) is 31.2 Å². The molecule has 0 unspecified atom stereocenters. The molecular weight excluding hydrogens is 561 g/mol. The minimum atomic E-state index is -0.720. The summed E-state index contributed by atoms with van der Waals surface area (Å²) in [6.07, 6.45) is 3.50. The van der Waals surface area contributed by atoms with Crippen LogP contribution in [0.15, 0.2) is 66.7 Å². The molecule has 41 heavy (non-hydrogen) atoms. The predicted octanol–water partition coefficient (Wildman–Crippen LogP) is 7.70. The summed E-state index contributed by atoms with van der Waals surface area (Å²) in [7, 11) is 0. The van der Waals surface area contributed by atoms with Crippen LogP contribution in [0.5, 0.6) is 11.5 Å².